The Morgan fingerprint density at radius 1 is 1.13 bits per heavy atom. The van der Waals surface area contributed by atoms with E-state index in [2.05, 4.69) is 10.3 Å². The molecule has 0 atom stereocenters. The van der Waals surface area contributed by atoms with Crippen molar-refractivity contribution in [1.82, 2.24) is 14.9 Å². The van der Waals surface area contributed by atoms with E-state index in [0.29, 0.717) is 22.5 Å². The number of carbonyl (C=O) groups is 1. The quantitative estimate of drug-likeness (QED) is 0.800. The average molecular weight is 328 g/mol. The van der Waals surface area contributed by atoms with Crippen LogP contribution in [-0.2, 0) is 17.9 Å². The Labute approximate surface area is 137 Å². The van der Waals surface area contributed by atoms with Gasteiger partial charge in [-0.3, -0.25) is 14.2 Å². The van der Waals surface area contributed by atoms with Crippen molar-refractivity contribution in [3.8, 4) is 0 Å². The van der Waals surface area contributed by atoms with E-state index >= 15 is 0 Å². The van der Waals surface area contributed by atoms with Crippen molar-refractivity contribution in [2.45, 2.75) is 13.1 Å². The smallest absolute Gasteiger partial charge is 0.261 e. The van der Waals surface area contributed by atoms with Gasteiger partial charge >= 0.3 is 0 Å². The third-order valence-corrected chi connectivity index (χ3v) is 3.85. The summed E-state index contributed by atoms with van der Waals surface area (Å²) in [7, 11) is 0. The fourth-order valence-corrected chi connectivity index (χ4v) is 2.47. The van der Waals surface area contributed by atoms with Crippen LogP contribution in [0.25, 0.3) is 10.9 Å². The van der Waals surface area contributed by atoms with Gasteiger partial charge in [0.25, 0.3) is 5.56 Å². The molecule has 0 spiro atoms. The van der Waals surface area contributed by atoms with E-state index in [1.165, 1.54) is 10.9 Å². The van der Waals surface area contributed by atoms with Crippen LogP contribution in [0.15, 0.2) is 59.7 Å². The lowest BCUT2D eigenvalue weighted by molar-refractivity contribution is -0.121. The van der Waals surface area contributed by atoms with Gasteiger partial charge in [-0.1, -0.05) is 41.9 Å². The number of hydrogen-bond acceptors (Lipinski definition) is 3. The molecule has 0 radical (unpaired) electrons. The lowest BCUT2D eigenvalue weighted by Gasteiger charge is -2.09. The van der Waals surface area contributed by atoms with Crippen molar-refractivity contribution in [2.24, 2.45) is 0 Å². The van der Waals surface area contributed by atoms with Crippen LogP contribution >= 0.6 is 11.6 Å². The summed E-state index contributed by atoms with van der Waals surface area (Å²) in [6.07, 6.45) is 1.39. The Morgan fingerprint density at radius 2 is 1.87 bits per heavy atom. The first-order valence-electron chi connectivity index (χ1n) is 7.09. The van der Waals surface area contributed by atoms with Gasteiger partial charge in [-0.25, -0.2) is 4.98 Å². The van der Waals surface area contributed by atoms with Crippen LogP contribution < -0.4 is 10.9 Å². The molecule has 3 aromatic rings. The minimum atomic E-state index is -0.274. The van der Waals surface area contributed by atoms with E-state index in [4.69, 9.17) is 11.6 Å². The van der Waals surface area contributed by atoms with Gasteiger partial charge in [-0.2, -0.15) is 0 Å². The van der Waals surface area contributed by atoms with E-state index in [1.807, 2.05) is 24.3 Å². The zero-order valence-electron chi connectivity index (χ0n) is 12.2. The molecule has 0 saturated carbocycles. The molecular weight excluding hydrogens is 314 g/mol. The molecular formula is C17H14ClN3O2. The standard InChI is InChI=1S/C17H14ClN3O2/c18-14-7-3-1-5-12(14)9-19-16(22)10-21-11-20-15-8-4-2-6-13(15)17(21)23/h1-8,11H,9-10H2,(H,19,22). The first-order valence-corrected chi connectivity index (χ1v) is 7.47. The lowest BCUT2D eigenvalue weighted by atomic mass is 10.2. The highest BCUT2D eigenvalue weighted by molar-refractivity contribution is 6.31. The summed E-state index contributed by atoms with van der Waals surface area (Å²) < 4.78 is 1.30. The molecule has 6 heteroatoms. The zero-order chi connectivity index (χ0) is 16.2. The van der Waals surface area contributed by atoms with E-state index < -0.39 is 0 Å². The topological polar surface area (TPSA) is 64.0 Å². The third-order valence-electron chi connectivity index (χ3n) is 3.48. The van der Waals surface area contributed by atoms with Crippen LogP contribution in [-0.4, -0.2) is 15.5 Å². The fourth-order valence-electron chi connectivity index (χ4n) is 2.26. The number of amides is 1. The number of benzene rings is 2. The highest BCUT2D eigenvalue weighted by Crippen LogP contribution is 2.14. The molecule has 0 aliphatic carbocycles. The number of hydrogen-bond donors (Lipinski definition) is 1. The largest absolute Gasteiger partial charge is 0.350 e. The molecule has 1 heterocycles. The first-order chi connectivity index (χ1) is 11.1. The second-order valence-corrected chi connectivity index (χ2v) is 5.47. The second-order valence-electron chi connectivity index (χ2n) is 5.06. The average Bonchev–Trinajstić information content (AvgIpc) is 2.57. The van der Waals surface area contributed by atoms with Crippen LogP contribution in [0.2, 0.25) is 5.02 Å². The first kappa shape index (κ1) is 15.2. The Balaban J connectivity index is 1.72. The Morgan fingerprint density at radius 3 is 2.70 bits per heavy atom. The minimum Gasteiger partial charge on any atom is -0.350 e. The molecule has 23 heavy (non-hydrogen) atoms. The molecule has 0 aliphatic rings. The summed E-state index contributed by atoms with van der Waals surface area (Å²) in [6, 6.07) is 14.3. The van der Waals surface area contributed by atoms with E-state index in [0.717, 1.165) is 5.56 Å². The summed E-state index contributed by atoms with van der Waals surface area (Å²) in [5, 5.41) is 3.84. The number of aromatic nitrogens is 2. The van der Waals surface area contributed by atoms with Crippen molar-refractivity contribution in [1.29, 1.82) is 0 Å². The van der Waals surface area contributed by atoms with Gasteiger partial charge in [0.1, 0.15) is 6.54 Å². The number of rotatable bonds is 4. The van der Waals surface area contributed by atoms with Gasteiger partial charge in [-0.15, -0.1) is 0 Å². The highest BCUT2D eigenvalue weighted by atomic mass is 35.5. The third kappa shape index (κ3) is 3.40. The fraction of sp³-hybridized carbons (Fsp3) is 0.118. The summed E-state index contributed by atoms with van der Waals surface area (Å²) >= 11 is 6.04. The molecule has 3 rings (SSSR count). The predicted octanol–water partition coefficient (Wildman–Crippen LogP) is 2.37. The molecule has 0 aliphatic heterocycles. The molecule has 0 fully saturated rings. The van der Waals surface area contributed by atoms with Crippen LogP contribution in [0.1, 0.15) is 5.56 Å². The number of carbonyl (C=O) groups excluding carboxylic acids is 1. The zero-order valence-corrected chi connectivity index (χ0v) is 13.0. The monoisotopic (exact) mass is 327 g/mol. The van der Waals surface area contributed by atoms with Crippen molar-refractivity contribution in [3.63, 3.8) is 0 Å². The minimum absolute atomic E-state index is 0.0822. The van der Waals surface area contributed by atoms with Crippen LogP contribution in [0.5, 0.6) is 0 Å². The summed E-state index contributed by atoms with van der Waals surface area (Å²) in [5.74, 6) is -0.274. The highest BCUT2D eigenvalue weighted by Gasteiger charge is 2.08. The van der Waals surface area contributed by atoms with Gasteiger partial charge < -0.3 is 5.32 Å². The number of nitrogens with zero attached hydrogens (tertiary/aromatic N) is 2. The molecule has 1 aromatic heterocycles. The maximum absolute atomic E-state index is 12.3. The van der Waals surface area contributed by atoms with Crippen molar-refractivity contribution < 1.29 is 4.79 Å². The predicted molar refractivity (Wildman–Crippen MR) is 89.3 cm³/mol. The second kappa shape index (κ2) is 6.62. The van der Waals surface area contributed by atoms with Crippen molar-refractivity contribution >= 4 is 28.4 Å². The molecule has 0 saturated heterocycles. The lowest BCUT2D eigenvalue weighted by Crippen LogP contribution is -2.32. The van der Waals surface area contributed by atoms with Crippen molar-refractivity contribution in [3.05, 3.63) is 75.8 Å². The van der Waals surface area contributed by atoms with Crippen LogP contribution in [0, 0.1) is 0 Å². The molecule has 2 aromatic carbocycles. The summed E-state index contributed by atoms with van der Waals surface area (Å²) in [6.45, 7) is 0.232. The van der Waals surface area contributed by atoms with E-state index in [1.54, 1.807) is 24.3 Å². The van der Waals surface area contributed by atoms with Gasteiger partial charge in [-0.05, 0) is 23.8 Å². The Hall–Kier alpha value is -2.66. The number of nitrogens with one attached hydrogen (secondary N) is 1. The Bertz CT molecular complexity index is 921. The molecule has 0 unspecified atom stereocenters. The molecule has 5 nitrogen and oxygen atoms in total. The van der Waals surface area contributed by atoms with Crippen molar-refractivity contribution in [2.75, 3.05) is 0 Å². The molecule has 0 bridgehead atoms. The van der Waals surface area contributed by atoms with Gasteiger partial charge in [0.05, 0.1) is 17.2 Å². The molecule has 116 valence electrons. The van der Waals surface area contributed by atoms with E-state index in [-0.39, 0.29) is 18.0 Å². The van der Waals surface area contributed by atoms with Gasteiger partial charge in [0.2, 0.25) is 5.91 Å². The van der Waals surface area contributed by atoms with E-state index in [9.17, 15) is 9.59 Å². The normalized spacial score (nSPS) is 10.7. The molecule has 1 amide bonds. The van der Waals surface area contributed by atoms with Crippen LogP contribution in [0.3, 0.4) is 0 Å². The van der Waals surface area contributed by atoms with Crippen LogP contribution in [0.4, 0.5) is 0 Å². The Kier molecular flexibility index (Phi) is 4.39. The van der Waals surface area contributed by atoms with Gasteiger partial charge in [0.15, 0.2) is 0 Å². The molecule has 1 N–H and O–H groups in total. The maximum atomic E-state index is 12.3. The van der Waals surface area contributed by atoms with Gasteiger partial charge in [0, 0.05) is 11.6 Å². The summed E-state index contributed by atoms with van der Waals surface area (Å²) in [4.78, 5) is 28.5. The number of para-hydroxylation sites is 1. The number of halogens is 1. The summed E-state index contributed by atoms with van der Waals surface area (Å²) in [5.41, 5.74) is 1.21. The number of fused-ring (bicyclic) bond motifs is 1. The SMILES string of the molecule is O=C(Cn1cnc2ccccc2c1=O)NCc1ccccc1Cl. The maximum Gasteiger partial charge on any atom is 0.261 e.